The molecule has 170 valence electrons. The Morgan fingerprint density at radius 2 is 1.88 bits per heavy atom. The lowest BCUT2D eigenvalue weighted by molar-refractivity contribution is -0.0542. The van der Waals surface area contributed by atoms with Gasteiger partial charge in [0.2, 0.25) is 10.0 Å². The number of halogens is 1. The number of sulfonamides is 1. The average molecular weight is 461 g/mol. The summed E-state index contributed by atoms with van der Waals surface area (Å²) in [5.41, 5.74) is 1.51. The van der Waals surface area contributed by atoms with Crippen molar-refractivity contribution in [3.63, 3.8) is 0 Å². The van der Waals surface area contributed by atoms with Crippen molar-refractivity contribution >= 4 is 32.6 Å². The first-order valence-electron chi connectivity index (χ1n) is 10.2. The van der Waals surface area contributed by atoms with E-state index in [2.05, 4.69) is 5.32 Å². The molecule has 9 heteroatoms. The molecule has 1 aromatic heterocycles. The molecule has 2 heterocycles. The fourth-order valence-corrected chi connectivity index (χ4v) is 5.21. The number of nitrogens with one attached hydrogen (secondary N) is 1. The standard InChI is InChI=1S/C23H25FN2O5S/c1-13-16-10-17-19(11-18(16)26(32(5,28)29)12-23(2,3)31-13)30-21(20(17)22(27)25-4)14-6-8-15(24)9-7-14/h6-11,13H,12H2,1-5H3,(H,25,27)/t13-/m0/s1. The lowest BCUT2D eigenvalue weighted by Crippen LogP contribution is -2.42. The summed E-state index contributed by atoms with van der Waals surface area (Å²) < 4.78 is 52.3. The number of fused-ring (bicyclic) bond motifs is 2. The van der Waals surface area contributed by atoms with Gasteiger partial charge in [0.25, 0.3) is 5.91 Å². The van der Waals surface area contributed by atoms with Gasteiger partial charge in [0.05, 0.1) is 35.8 Å². The van der Waals surface area contributed by atoms with Gasteiger partial charge in [0, 0.05) is 29.6 Å². The maximum absolute atomic E-state index is 13.4. The van der Waals surface area contributed by atoms with Gasteiger partial charge in [-0.3, -0.25) is 9.10 Å². The molecule has 32 heavy (non-hydrogen) atoms. The minimum Gasteiger partial charge on any atom is -0.455 e. The molecule has 0 fully saturated rings. The van der Waals surface area contributed by atoms with E-state index >= 15 is 0 Å². The van der Waals surface area contributed by atoms with Crippen molar-refractivity contribution in [2.75, 3.05) is 24.2 Å². The SMILES string of the molecule is CNC(=O)c1c(-c2ccc(F)cc2)oc2cc3c(cc12)[C@H](C)OC(C)(C)CN3S(C)(=O)=O. The van der Waals surface area contributed by atoms with Gasteiger partial charge < -0.3 is 14.5 Å². The van der Waals surface area contributed by atoms with Gasteiger partial charge >= 0.3 is 0 Å². The van der Waals surface area contributed by atoms with Crippen LogP contribution in [0.25, 0.3) is 22.3 Å². The number of furan rings is 1. The number of carbonyl (C=O) groups is 1. The summed E-state index contributed by atoms with van der Waals surface area (Å²) in [6.45, 7) is 5.64. The summed E-state index contributed by atoms with van der Waals surface area (Å²) in [5.74, 6) is -0.500. The van der Waals surface area contributed by atoms with Crippen LogP contribution in [-0.4, -0.2) is 39.8 Å². The molecule has 1 aliphatic rings. The summed E-state index contributed by atoms with van der Waals surface area (Å²) in [6.07, 6.45) is 0.715. The zero-order chi connectivity index (χ0) is 23.4. The van der Waals surface area contributed by atoms with E-state index < -0.39 is 27.5 Å². The maximum Gasteiger partial charge on any atom is 0.255 e. The van der Waals surface area contributed by atoms with Gasteiger partial charge in [-0.25, -0.2) is 12.8 Å². The van der Waals surface area contributed by atoms with Crippen LogP contribution in [0.3, 0.4) is 0 Å². The summed E-state index contributed by atoms with van der Waals surface area (Å²) in [5, 5.41) is 3.14. The van der Waals surface area contributed by atoms with E-state index in [4.69, 9.17) is 9.15 Å². The number of benzene rings is 2. The van der Waals surface area contributed by atoms with E-state index in [0.717, 1.165) is 6.26 Å². The Morgan fingerprint density at radius 1 is 1.22 bits per heavy atom. The quantitative estimate of drug-likeness (QED) is 0.632. The predicted octanol–water partition coefficient (Wildman–Crippen LogP) is 4.23. The minimum absolute atomic E-state index is 0.127. The molecule has 0 spiro atoms. The normalized spacial score (nSPS) is 18.3. The molecule has 0 bridgehead atoms. The monoisotopic (exact) mass is 460 g/mol. The van der Waals surface area contributed by atoms with E-state index in [-0.39, 0.29) is 18.2 Å². The molecule has 0 aliphatic carbocycles. The fraction of sp³-hybridized carbons (Fsp3) is 0.348. The molecular weight excluding hydrogens is 435 g/mol. The third-order valence-electron chi connectivity index (χ3n) is 5.53. The second-order valence-corrected chi connectivity index (χ2v) is 10.5. The first-order chi connectivity index (χ1) is 14.9. The molecule has 1 N–H and O–H groups in total. The zero-order valence-corrected chi connectivity index (χ0v) is 19.3. The molecule has 2 aromatic carbocycles. The smallest absolute Gasteiger partial charge is 0.255 e. The number of anilines is 1. The van der Waals surface area contributed by atoms with Crippen LogP contribution in [0.1, 0.15) is 42.8 Å². The largest absolute Gasteiger partial charge is 0.455 e. The summed E-state index contributed by atoms with van der Waals surface area (Å²) in [7, 11) is -2.10. The summed E-state index contributed by atoms with van der Waals surface area (Å²) >= 11 is 0. The van der Waals surface area contributed by atoms with Gasteiger partial charge in [-0.2, -0.15) is 0 Å². The lowest BCUT2D eigenvalue weighted by Gasteiger charge is -2.30. The van der Waals surface area contributed by atoms with Crippen molar-refractivity contribution in [1.29, 1.82) is 0 Å². The molecule has 1 atom stereocenters. The third-order valence-corrected chi connectivity index (χ3v) is 6.65. The highest BCUT2D eigenvalue weighted by Gasteiger charge is 2.37. The van der Waals surface area contributed by atoms with Gasteiger partial charge in [0.1, 0.15) is 17.2 Å². The van der Waals surface area contributed by atoms with Crippen LogP contribution in [-0.2, 0) is 14.8 Å². The Kier molecular flexibility index (Phi) is 5.29. The van der Waals surface area contributed by atoms with Crippen LogP contribution < -0.4 is 9.62 Å². The number of carbonyl (C=O) groups excluding carboxylic acids is 1. The highest BCUT2D eigenvalue weighted by molar-refractivity contribution is 7.92. The molecule has 1 amide bonds. The van der Waals surface area contributed by atoms with Crippen LogP contribution in [0.4, 0.5) is 10.1 Å². The van der Waals surface area contributed by atoms with Crippen molar-refractivity contribution in [2.45, 2.75) is 32.5 Å². The first kappa shape index (κ1) is 22.3. The highest BCUT2D eigenvalue weighted by Crippen LogP contribution is 2.43. The highest BCUT2D eigenvalue weighted by atomic mass is 32.2. The van der Waals surface area contributed by atoms with Gasteiger partial charge in [0.15, 0.2) is 0 Å². The molecule has 3 aromatic rings. The maximum atomic E-state index is 13.4. The Labute approximate surface area is 186 Å². The fourth-order valence-electron chi connectivity index (χ4n) is 4.15. The molecule has 7 nitrogen and oxygen atoms in total. The van der Waals surface area contributed by atoms with Crippen molar-refractivity contribution in [3.8, 4) is 11.3 Å². The van der Waals surface area contributed by atoms with Crippen molar-refractivity contribution in [2.24, 2.45) is 0 Å². The minimum atomic E-state index is -3.62. The van der Waals surface area contributed by atoms with Crippen LogP contribution in [0, 0.1) is 5.82 Å². The first-order valence-corrected chi connectivity index (χ1v) is 12.0. The summed E-state index contributed by atoms with van der Waals surface area (Å²) in [6, 6.07) is 9.01. The van der Waals surface area contributed by atoms with Gasteiger partial charge in [-0.15, -0.1) is 0 Å². The third kappa shape index (κ3) is 3.86. The van der Waals surface area contributed by atoms with Crippen molar-refractivity contribution < 1.29 is 26.8 Å². The van der Waals surface area contributed by atoms with Crippen LogP contribution in [0.15, 0.2) is 40.8 Å². The second kappa shape index (κ2) is 7.60. The predicted molar refractivity (Wildman–Crippen MR) is 121 cm³/mol. The Balaban J connectivity index is 2.03. The molecule has 0 radical (unpaired) electrons. The Bertz CT molecular complexity index is 1310. The molecule has 0 unspecified atom stereocenters. The lowest BCUT2D eigenvalue weighted by atomic mass is 10.0. The molecule has 1 aliphatic heterocycles. The van der Waals surface area contributed by atoms with Gasteiger partial charge in [-0.1, -0.05) is 0 Å². The second-order valence-electron chi connectivity index (χ2n) is 8.59. The van der Waals surface area contributed by atoms with Crippen LogP contribution >= 0.6 is 0 Å². The number of nitrogens with zero attached hydrogens (tertiary/aromatic N) is 1. The van der Waals surface area contributed by atoms with E-state index in [0.29, 0.717) is 33.3 Å². The molecule has 4 rings (SSSR count). The summed E-state index contributed by atoms with van der Waals surface area (Å²) in [4.78, 5) is 12.8. The number of rotatable bonds is 3. The van der Waals surface area contributed by atoms with E-state index in [1.165, 1.54) is 35.6 Å². The van der Waals surface area contributed by atoms with Gasteiger partial charge in [-0.05, 0) is 51.1 Å². The average Bonchev–Trinajstić information content (AvgIpc) is 3.03. The molecular formula is C23H25FN2O5S. The Morgan fingerprint density at radius 3 is 2.47 bits per heavy atom. The van der Waals surface area contributed by atoms with Crippen LogP contribution in [0.2, 0.25) is 0 Å². The van der Waals surface area contributed by atoms with Crippen molar-refractivity contribution in [1.82, 2.24) is 5.32 Å². The number of amides is 1. The number of hydrogen-bond acceptors (Lipinski definition) is 5. The molecule has 0 saturated carbocycles. The van der Waals surface area contributed by atoms with E-state index in [9.17, 15) is 17.6 Å². The van der Waals surface area contributed by atoms with E-state index in [1.54, 1.807) is 12.1 Å². The number of ether oxygens (including phenoxy) is 1. The Hall–Kier alpha value is -2.91. The van der Waals surface area contributed by atoms with Crippen molar-refractivity contribution in [3.05, 3.63) is 53.3 Å². The zero-order valence-electron chi connectivity index (χ0n) is 18.5. The topological polar surface area (TPSA) is 88.8 Å². The molecule has 0 saturated heterocycles. The van der Waals surface area contributed by atoms with Crippen LogP contribution in [0.5, 0.6) is 0 Å². The number of hydrogen-bond donors (Lipinski definition) is 1. The van der Waals surface area contributed by atoms with E-state index in [1.807, 2.05) is 20.8 Å².